The van der Waals surface area contributed by atoms with Crippen molar-refractivity contribution in [1.29, 1.82) is 0 Å². The second-order valence-electron chi connectivity index (χ2n) is 6.35. The molecule has 1 aliphatic heterocycles. The van der Waals surface area contributed by atoms with Crippen LogP contribution in [0.3, 0.4) is 0 Å². The van der Waals surface area contributed by atoms with Gasteiger partial charge in [-0.15, -0.1) is 0 Å². The van der Waals surface area contributed by atoms with Gasteiger partial charge in [0, 0.05) is 18.7 Å². The van der Waals surface area contributed by atoms with Gasteiger partial charge >= 0.3 is 6.09 Å². The van der Waals surface area contributed by atoms with E-state index in [-0.39, 0.29) is 25.5 Å². The number of alkyl carbamates (subject to hydrolysis) is 1. The maximum absolute atomic E-state index is 11.7. The molecule has 1 heterocycles. The van der Waals surface area contributed by atoms with Crippen LogP contribution in [0, 0.1) is 0 Å². The van der Waals surface area contributed by atoms with E-state index in [1.165, 1.54) is 0 Å². The molecule has 0 aromatic heterocycles. The molecule has 0 saturated heterocycles. The van der Waals surface area contributed by atoms with E-state index in [1.54, 1.807) is 18.2 Å². The number of hydrogen-bond acceptors (Lipinski definition) is 5. The first-order valence-electron chi connectivity index (χ1n) is 8.77. The van der Waals surface area contributed by atoms with Crippen molar-refractivity contribution < 1.29 is 24.5 Å². The molecule has 0 bridgehead atoms. The number of amides is 2. The summed E-state index contributed by atoms with van der Waals surface area (Å²) >= 11 is 0. The monoisotopic (exact) mass is 370 g/mol. The van der Waals surface area contributed by atoms with Crippen LogP contribution in [0.1, 0.15) is 39.6 Å². The van der Waals surface area contributed by atoms with Crippen LogP contribution in [0.2, 0.25) is 0 Å². The summed E-state index contributed by atoms with van der Waals surface area (Å²) in [4.78, 5) is 23.4. The Bertz CT molecular complexity index is 809. The van der Waals surface area contributed by atoms with Gasteiger partial charge in [0.05, 0.1) is 6.10 Å². The molecule has 7 nitrogen and oxygen atoms in total. The molecule has 0 spiro atoms. The zero-order valence-electron chi connectivity index (χ0n) is 14.7. The van der Waals surface area contributed by atoms with Gasteiger partial charge in [0.1, 0.15) is 12.7 Å². The van der Waals surface area contributed by atoms with E-state index in [1.807, 2.05) is 30.3 Å². The van der Waals surface area contributed by atoms with E-state index >= 15 is 0 Å². The highest BCUT2D eigenvalue weighted by Crippen LogP contribution is 2.27. The Morgan fingerprint density at radius 3 is 2.70 bits per heavy atom. The second kappa shape index (κ2) is 8.66. The summed E-state index contributed by atoms with van der Waals surface area (Å²) in [6.07, 6.45) is -2.67. The Kier molecular flexibility index (Phi) is 6.05. The molecule has 142 valence electrons. The first-order valence-corrected chi connectivity index (χ1v) is 8.77. The molecule has 0 radical (unpaired) electrons. The zero-order valence-corrected chi connectivity index (χ0v) is 14.7. The fraction of sp³-hybridized carbons (Fsp3) is 0.300. The minimum atomic E-state index is -1.14. The number of rotatable bonds is 7. The molecule has 0 aliphatic carbocycles. The number of aliphatic hydroxyl groups excluding tert-OH is 2. The Balaban J connectivity index is 1.46. The summed E-state index contributed by atoms with van der Waals surface area (Å²) in [5.41, 5.74) is 2.61. The lowest BCUT2D eigenvalue weighted by atomic mass is 9.95. The van der Waals surface area contributed by atoms with E-state index in [4.69, 9.17) is 4.74 Å². The lowest BCUT2D eigenvalue weighted by molar-refractivity contribution is 0.0131. The normalized spacial score (nSPS) is 14.8. The van der Waals surface area contributed by atoms with E-state index in [0.717, 1.165) is 5.56 Å². The van der Waals surface area contributed by atoms with E-state index in [9.17, 15) is 19.8 Å². The molecule has 0 saturated carbocycles. The van der Waals surface area contributed by atoms with Crippen LogP contribution in [0.15, 0.2) is 48.5 Å². The lowest BCUT2D eigenvalue weighted by Gasteiger charge is -2.20. The molecular weight excluding hydrogens is 348 g/mol. The Morgan fingerprint density at radius 2 is 1.93 bits per heavy atom. The Morgan fingerprint density at radius 1 is 1.15 bits per heavy atom. The average molecular weight is 370 g/mol. The lowest BCUT2D eigenvalue weighted by Crippen LogP contribution is -2.30. The first-order chi connectivity index (χ1) is 13.1. The molecular formula is C20H22N2O5. The van der Waals surface area contributed by atoms with Crippen molar-refractivity contribution in [3.63, 3.8) is 0 Å². The third kappa shape index (κ3) is 4.64. The summed E-state index contributed by atoms with van der Waals surface area (Å²) in [7, 11) is 0. The number of aliphatic hydroxyl groups is 2. The largest absolute Gasteiger partial charge is 0.445 e. The van der Waals surface area contributed by atoms with Crippen molar-refractivity contribution in [1.82, 2.24) is 10.6 Å². The number of benzene rings is 2. The number of nitrogens with one attached hydrogen (secondary N) is 2. The third-order valence-corrected chi connectivity index (χ3v) is 4.49. The van der Waals surface area contributed by atoms with E-state index in [2.05, 4.69) is 10.6 Å². The van der Waals surface area contributed by atoms with Crippen molar-refractivity contribution in [2.75, 3.05) is 6.54 Å². The number of fused-ring (bicyclic) bond motifs is 1. The molecule has 3 rings (SSSR count). The molecule has 2 amide bonds. The minimum Gasteiger partial charge on any atom is -0.445 e. The van der Waals surface area contributed by atoms with Crippen molar-refractivity contribution in [2.24, 2.45) is 0 Å². The molecule has 4 N–H and O–H groups in total. The van der Waals surface area contributed by atoms with Gasteiger partial charge < -0.3 is 25.6 Å². The second-order valence-corrected chi connectivity index (χ2v) is 6.35. The fourth-order valence-corrected chi connectivity index (χ4v) is 3.02. The Hall–Kier alpha value is -2.90. The van der Waals surface area contributed by atoms with Gasteiger partial charge in [-0.25, -0.2) is 4.79 Å². The standard InChI is InChI=1S/C20H22N2O5/c23-17(9-10-21-20(26)27-12-13-5-2-1-3-6-13)18(24)14-7-4-8-15-16(14)11-22-19(15)25/h1-8,17-18,23-24H,9-12H2,(H,21,26)(H,22,25). The topological polar surface area (TPSA) is 108 Å². The molecule has 27 heavy (non-hydrogen) atoms. The molecule has 7 heteroatoms. The van der Waals surface area contributed by atoms with Crippen LogP contribution < -0.4 is 10.6 Å². The smallest absolute Gasteiger partial charge is 0.407 e. The van der Waals surface area contributed by atoms with Crippen LogP contribution in [-0.2, 0) is 17.9 Å². The van der Waals surface area contributed by atoms with Crippen molar-refractivity contribution >= 4 is 12.0 Å². The predicted molar refractivity (Wildman–Crippen MR) is 97.8 cm³/mol. The highest BCUT2D eigenvalue weighted by molar-refractivity contribution is 5.98. The van der Waals surface area contributed by atoms with Gasteiger partial charge in [-0.2, -0.15) is 0 Å². The van der Waals surface area contributed by atoms with Crippen LogP contribution in [0.4, 0.5) is 4.79 Å². The van der Waals surface area contributed by atoms with Gasteiger partial charge in [-0.05, 0) is 29.2 Å². The van der Waals surface area contributed by atoms with Gasteiger partial charge in [-0.3, -0.25) is 4.79 Å². The predicted octanol–water partition coefficient (Wildman–Crippen LogP) is 1.64. The van der Waals surface area contributed by atoms with Gasteiger partial charge in [-0.1, -0.05) is 42.5 Å². The van der Waals surface area contributed by atoms with Crippen molar-refractivity contribution in [3.8, 4) is 0 Å². The molecule has 2 unspecified atom stereocenters. The number of hydrogen-bond donors (Lipinski definition) is 4. The summed E-state index contributed by atoms with van der Waals surface area (Å²) in [5, 5.41) is 25.9. The van der Waals surface area contributed by atoms with Crippen LogP contribution >= 0.6 is 0 Å². The van der Waals surface area contributed by atoms with Crippen molar-refractivity contribution in [3.05, 3.63) is 70.8 Å². The molecule has 2 atom stereocenters. The summed E-state index contributed by atoms with van der Waals surface area (Å²) < 4.78 is 5.09. The molecule has 0 fully saturated rings. The number of ether oxygens (including phenoxy) is 1. The SMILES string of the molecule is O=C(NCCC(O)C(O)c1cccc2c1CNC2=O)OCc1ccccc1. The third-order valence-electron chi connectivity index (χ3n) is 4.49. The number of carbonyl (C=O) groups excluding carboxylic acids is 2. The van der Waals surface area contributed by atoms with Crippen LogP contribution in [0.25, 0.3) is 0 Å². The van der Waals surface area contributed by atoms with Gasteiger partial charge in [0.15, 0.2) is 0 Å². The molecule has 2 aromatic carbocycles. The Labute approximate surface area is 157 Å². The maximum Gasteiger partial charge on any atom is 0.407 e. The van der Waals surface area contributed by atoms with Gasteiger partial charge in [0.2, 0.25) is 0 Å². The quantitative estimate of drug-likeness (QED) is 0.593. The number of carbonyl (C=O) groups is 2. The summed E-state index contributed by atoms with van der Waals surface area (Å²) in [6, 6.07) is 14.4. The summed E-state index contributed by atoms with van der Waals surface area (Å²) in [5.74, 6) is -0.184. The minimum absolute atomic E-state index is 0.145. The molecule has 2 aromatic rings. The van der Waals surface area contributed by atoms with E-state index < -0.39 is 18.3 Å². The van der Waals surface area contributed by atoms with Gasteiger partial charge in [0.25, 0.3) is 5.91 Å². The average Bonchev–Trinajstić information content (AvgIpc) is 3.07. The molecule has 1 aliphatic rings. The van der Waals surface area contributed by atoms with E-state index in [0.29, 0.717) is 23.2 Å². The van der Waals surface area contributed by atoms with Crippen LogP contribution in [-0.4, -0.2) is 34.9 Å². The highest BCUT2D eigenvalue weighted by Gasteiger charge is 2.27. The maximum atomic E-state index is 11.7. The highest BCUT2D eigenvalue weighted by atomic mass is 16.5. The fourth-order valence-electron chi connectivity index (χ4n) is 3.02. The van der Waals surface area contributed by atoms with Crippen molar-refractivity contribution in [2.45, 2.75) is 31.8 Å². The summed E-state index contributed by atoms with van der Waals surface area (Å²) in [6.45, 7) is 0.644. The first kappa shape index (κ1) is 18.9. The zero-order chi connectivity index (χ0) is 19.2. The van der Waals surface area contributed by atoms with Crippen LogP contribution in [0.5, 0.6) is 0 Å².